The minimum atomic E-state index is -0.661. The van der Waals surface area contributed by atoms with E-state index in [4.69, 9.17) is 16.3 Å². The number of anilines is 1. The summed E-state index contributed by atoms with van der Waals surface area (Å²) in [5.41, 5.74) is 0.784. The molecule has 1 aromatic carbocycles. The van der Waals surface area contributed by atoms with Crippen molar-refractivity contribution in [1.29, 1.82) is 0 Å². The maximum Gasteiger partial charge on any atom is 0.341 e. The highest BCUT2D eigenvalue weighted by Crippen LogP contribution is 2.39. The number of fused-ring (bicyclic) bond motifs is 1. The zero-order chi connectivity index (χ0) is 20.3. The molecule has 1 aromatic heterocycles. The van der Waals surface area contributed by atoms with E-state index in [-0.39, 0.29) is 16.3 Å². The Balaban J connectivity index is 1.96. The van der Waals surface area contributed by atoms with E-state index in [1.54, 1.807) is 0 Å². The Kier molecular flexibility index (Phi) is 6.31. The van der Waals surface area contributed by atoms with E-state index in [1.807, 2.05) is 6.92 Å². The van der Waals surface area contributed by atoms with Crippen molar-refractivity contribution in [3.05, 3.63) is 54.9 Å². The number of nitro benzene ring substituents is 1. The lowest BCUT2D eigenvalue weighted by Crippen LogP contribution is -2.17. The lowest BCUT2D eigenvalue weighted by molar-refractivity contribution is -0.385. The number of nitrogens with one attached hydrogen (secondary N) is 1. The Bertz CT molecular complexity index is 941. The third-order valence-corrected chi connectivity index (χ3v) is 5.88. The van der Waals surface area contributed by atoms with Crippen LogP contribution in [0.15, 0.2) is 18.2 Å². The highest BCUT2D eigenvalue weighted by Gasteiger charge is 2.29. The van der Waals surface area contributed by atoms with E-state index >= 15 is 0 Å². The summed E-state index contributed by atoms with van der Waals surface area (Å²) in [5.74, 6) is -1.13. The number of amides is 1. The molecule has 0 fully saturated rings. The van der Waals surface area contributed by atoms with Gasteiger partial charge < -0.3 is 10.1 Å². The molecule has 2 aromatic rings. The van der Waals surface area contributed by atoms with E-state index < -0.39 is 16.8 Å². The molecule has 1 N–H and O–H groups in total. The fourth-order valence-electron chi connectivity index (χ4n) is 3.16. The summed E-state index contributed by atoms with van der Waals surface area (Å²) in [7, 11) is 0. The Labute approximate surface area is 170 Å². The first kappa shape index (κ1) is 20.3. The number of benzene rings is 1. The molecule has 1 aliphatic rings. The number of esters is 1. The van der Waals surface area contributed by atoms with E-state index in [9.17, 15) is 19.7 Å². The van der Waals surface area contributed by atoms with E-state index in [1.165, 1.54) is 23.5 Å². The van der Waals surface area contributed by atoms with Crippen LogP contribution in [0.25, 0.3) is 0 Å². The summed E-state index contributed by atoms with van der Waals surface area (Å²) in [4.78, 5) is 37.0. The van der Waals surface area contributed by atoms with Crippen LogP contribution >= 0.6 is 22.9 Å². The topological polar surface area (TPSA) is 98.5 Å². The third-order valence-electron chi connectivity index (χ3n) is 4.44. The van der Waals surface area contributed by atoms with Crippen molar-refractivity contribution in [1.82, 2.24) is 0 Å². The second-order valence-electron chi connectivity index (χ2n) is 6.42. The molecular weight excluding hydrogens is 404 g/mol. The quantitative estimate of drug-likeness (QED) is 0.401. The molecule has 28 heavy (non-hydrogen) atoms. The molecule has 0 unspecified atom stereocenters. The number of nitro groups is 1. The molecule has 1 amide bonds. The zero-order valence-electron chi connectivity index (χ0n) is 15.2. The molecule has 0 radical (unpaired) electrons. The number of rotatable bonds is 6. The Morgan fingerprint density at radius 3 is 2.79 bits per heavy atom. The molecule has 7 nitrogen and oxygen atoms in total. The van der Waals surface area contributed by atoms with Crippen molar-refractivity contribution < 1.29 is 19.2 Å². The van der Waals surface area contributed by atoms with Crippen LogP contribution < -0.4 is 5.32 Å². The van der Waals surface area contributed by atoms with Crippen molar-refractivity contribution in [2.75, 3.05) is 11.9 Å². The van der Waals surface area contributed by atoms with Crippen LogP contribution in [0.3, 0.4) is 0 Å². The monoisotopic (exact) mass is 422 g/mol. The Morgan fingerprint density at radius 2 is 2.07 bits per heavy atom. The number of hydrogen-bond acceptors (Lipinski definition) is 6. The molecule has 0 atom stereocenters. The van der Waals surface area contributed by atoms with Gasteiger partial charge in [-0.2, -0.15) is 0 Å². The number of carbonyl (C=O) groups excluding carboxylic acids is 2. The number of carbonyl (C=O) groups is 2. The summed E-state index contributed by atoms with van der Waals surface area (Å²) in [5, 5.41) is 14.5. The average Bonchev–Trinajstić information content (AvgIpc) is 3.03. The summed E-state index contributed by atoms with van der Waals surface area (Å²) in [6.07, 6.45) is 4.27. The van der Waals surface area contributed by atoms with Crippen LogP contribution in [0.1, 0.15) is 57.3 Å². The molecule has 1 heterocycles. The van der Waals surface area contributed by atoms with Gasteiger partial charge in [0.2, 0.25) is 0 Å². The van der Waals surface area contributed by atoms with Crippen molar-refractivity contribution in [3.8, 4) is 0 Å². The van der Waals surface area contributed by atoms with Crippen molar-refractivity contribution >= 4 is 45.5 Å². The molecule has 0 saturated heterocycles. The van der Waals surface area contributed by atoms with Crippen LogP contribution in [-0.4, -0.2) is 23.4 Å². The predicted molar refractivity (Wildman–Crippen MR) is 108 cm³/mol. The van der Waals surface area contributed by atoms with Crippen molar-refractivity contribution in [2.45, 2.75) is 39.0 Å². The number of thiophene rings is 1. The highest BCUT2D eigenvalue weighted by molar-refractivity contribution is 7.17. The van der Waals surface area contributed by atoms with Gasteiger partial charge in [-0.3, -0.25) is 14.9 Å². The van der Waals surface area contributed by atoms with E-state index in [2.05, 4.69) is 5.32 Å². The number of nitrogens with zero attached hydrogens (tertiary/aromatic N) is 1. The van der Waals surface area contributed by atoms with Gasteiger partial charge in [-0.25, -0.2) is 4.79 Å². The largest absolute Gasteiger partial charge is 0.462 e. The minimum Gasteiger partial charge on any atom is -0.462 e. The first-order valence-electron chi connectivity index (χ1n) is 8.99. The molecule has 3 rings (SSSR count). The Hall–Kier alpha value is -2.45. The number of hydrogen-bond donors (Lipinski definition) is 1. The van der Waals surface area contributed by atoms with Crippen LogP contribution in [0, 0.1) is 10.1 Å². The summed E-state index contributed by atoms with van der Waals surface area (Å²) < 4.78 is 5.30. The average molecular weight is 423 g/mol. The molecular formula is C19H19ClN2O5S. The molecule has 0 spiro atoms. The van der Waals surface area contributed by atoms with E-state index in [0.717, 1.165) is 42.2 Å². The maximum atomic E-state index is 12.7. The molecule has 0 bridgehead atoms. The second kappa shape index (κ2) is 8.70. The zero-order valence-corrected chi connectivity index (χ0v) is 16.8. The van der Waals surface area contributed by atoms with Crippen LogP contribution in [0.4, 0.5) is 10.7 Å². The van der Waals surface area contributed by atoms with Gasteiger partial charge in [0.25, 0.3) is 11.6 Å². The minimum absolute atomic E-state index is 0.117. The summed E-state index contributed by atoms with van der Waals surface area (Å²) in [6.45, 7) is 2.19. The van der Waals surface area contributed by atoms with Gasteiger partial charge in [0, 0.05) is 16.0 Å². The fourth-order valence-corrected chi connectivity index (χ4v) is 4.59. The lowest BCUT2D eigenvalue weighted by Gasteiger charge is -2.12. The predicted octanol–water partition coefficient (Wildman–Crippen LogP) is 5.01. The van der Waals surface area contributed by atoms with Crippen molar-refractivity contribution in [3.63, 3.8) is 0 Å². The first-order chi connectivity index (χ1) is 13.4. The SMILES string of the molecule is CCCOC(=O)c1c(NC(=O)c2ccc(Cl)cc2[N+](=O)[O-])sc2c1CCCC2. The smallest absolute Gasteiger partial charge is 0.341 e. The van der Waals surface area contributed by atoms with Gasteiger partial charge >= 0.3 is 5.97 Å². The van der Waals surface area contributed by atoms with Gasteiger partial charge in [-0.05, 0) is 49.8 Å². The third kappa shape index (κ3) is 4.18. The van der Waals surface area contributed by atoms with Gasteiger partial charge in [0.15, 0.2) is 0 Å². The van der Waals surface area contributed by atoms with E-state index in [0.29, 0.717) is 23.6 Å². The molecule has 1 aliphatic carbocycles. The summed E-state index contributed by atoms with van der Waals surface area (Å²) >= 11 is 7.15. The highest BCUT2D eigenvalue weighted by atomic mass is 35.5. The van der Waals surface area contributed by atoms with Crippen LogP contribution in [0.2, 0.25) is 5.02 Å². The first-order valence-corrected chi connectivity index (χ1v) is 10.2. The van der Waals surface area contributed by atoms with Gasteiger partial charge in [-0.15, -0.1) is 11.3 Å². The van der Waals surface area contributed by atoms with Gasteiger partial charge in [-0.1, -0.05) is 18.5 Å². The maximum absolute atomic E-state index is 12.7. The standard InChI is InChI=1S/C19H19ClN2O5S/c1-2-9-27-19(24)16-13-5-3-4-6-15(13)28-18(16)21-17(23)12-8-7-11(20)10-14(12)22(25)26/h7-8,10H,2-6,9H2,1H3,(H,21,23). The fraction of sp³-hybridized carbons (Fsp3) is 0.368. The second-order valence-corrected chi connectivity index (χ2v) is 7.97. The van der Waals surface area contributed by atoms with Crippen LogP contribution in [-0.2, 0) is 17.6 Å². The van der Waals surface area contributed by atoms with Gasteiger partial charge in [0.05, 0.1) is 17.1 Å². The number of aryl methyl sites for hydroxylation is 1. The molecule has 148 valence electrons. The molecule has 0 aliphatic heterocycles. The van der Waals surface area contributed by atoms with Gasteiger partial charge in [0.1, 0.15) is 10.6 Å². The van der Waals surface area contributed by atoms with Crippen LogP contribution in [0.5, 0.6) is 0 Å². The molecule has 9 heteroatoms. The number of ether oxygens (including phenoxy) is 1. The van der Waals surface area contributed by atoms with Crippen molar-refractivity contribution in [2.24, 2.45) is 0 Å². The number of halogens is 1. The summed E-state index contributed by atoms with van der Waals surface area (Å²) in [6, 6.07) is 3.85. The normalized spacial score (nSPS) is 12.9. The Morgan fingerprint density at radius 1 is 1.32 bits per heavy atom. The molecule has 0 saturated carbocycles. The lowest BCUT2D eigenvalue weighted by atomic mass is 9.95.